The molecule has 0 aliphatic carbocycles. The van der Waals surface area contributed by atoms with Crippen LogP contribution in [0, 0.1) is 11.8 Å². The highest BCUT2D eigenvalue weighted by atomic mass is 16.5. The summed E-state index contributed by atoms with van der Waals surface area (Å²) in [5.74, 6) is 0.920. The van der Waals surface area contributed by atoms with Crippen LogP contribution in [0.3, 0.4) is 0 Å². The molecule has 0 bridgehead atoms. The molecule has 1 unspecified atom stereocenters. The molecule has 0 aliphatic heterocycles. The number of rotatable bonds is 9. The molecule has 0 heterocycles. The van der Waals surface area contributed by atoms with E-state index in [1.807, 2.05) is 13.8 Å². The van der Waals surface area contributed by atoms with Crippen LogP contribution in [0.1, 0.15) is 66.7 Å². The van der Waals surface area contributed by atoms with E-state index in [1.165, 1.54) is 6.92 Å². The summed E-state index contributed by atoms with van der Waals surface area (Å²) in [4.78, 5) is 22.8. The van der Waals surface area contributed by atoms with E-state index in [2.05, 4.69) is 13.8 Å². The molecule has 106 valence electrons. The summed E-state index contributed by atoms with van der Waals surface area (Å²) in [6.07, 6.45) is 3.62. The Morgan fingerprint density at radius 1 is 0.944 bits per heavy atom. The maximum absolute atomic E-state index is 11.8. The first-order valence-electron chi connectivity index (χ1n) is 7.00. The maximum atomic E-state index is 11.8. The van der Waals surface area contributed by atoms with Crippen LogP contribution in [0.15, 0.2) is 0 Å². The van der Waals surface area contributed by atoms with Gasteiger partial charge in [-0.1, -0.05) is 34.1 Å². The molecule has 0 spiro atoms. The van der Waals surface area contributed by atoms with Gasteiger partial charge in [-0.15, -0.1) is 0 Å². The first-order chi connectivity index (χ1) is 8.31. The van der Waals surface area contributed by atoms with Crippen molar-refractivity contribution < 1.29 is 14.3 Å². The zero-order valence-electron chi connectivity index (χ0n) is 12.5. The van der Waals surface area contributed by atoms with Crippen LogP contribution in [0.2, 0.25) is 0 Å². The van der Waals surface area contributed by atoms with Gasteiger partial charge < -0.3 is 4.74 Å². The minimum Gasteiger partial charge on any atom is -0.462 e. The van der Waals surface area contributed by atoms with Gasteiger partial charge in [-0.3, -0.25) is 9.59 Å². The second-order valence-corrected chi connectivity index (χ2v) is 5.90. The molecule has 1 atom stereocenters. The molecule has 18 heavy (non-hydrogen) atoms. The average Bonchev–Trinajstić information content (AvgIpc) is 2.13. The lowest BCUT2D eigenvalue weighted by atomic mass is 9.98. The Morgan fingerprint density at radius 2 is 1.56 bits per heavy atom. The fourth-order valence-corrected chi connectivity index (χ4v) is 1.98. The van der Waals surface area contributed by atoms with Crippen molar-refractivity contribution in [1.29, 1.82) is 0 Å². The van der Waals surface area contributed by atoms with Crippen molar-refractivity contribution in [3.05, 3.63) is 0 Å². The van der Waals surface area contributed by atoms with Gasteiger partial charge in [0.2, 0.25) is 0 Å². The molecule has 3 nitrogen and oxygen atoms in total. The standard InChI is InChI=1S/C15H28O3/c1-11(2)7-6-8-15(18-13(5)16)10-14(17)9-12(3)4/h11-12,15H,6-10H2,1-5H3. The topological polar surface area (TPSA) is 43.4 Å². The van der Waals surface area contributed by atoms with Crippen molar-refractivity contribution in [2.45, 2.75) is 72.8 Å². The zero-order valence-corrected chi connectivity index (χ0v) is 12.5. The summed E-state index contributed by atoms with van der Waals surface area (Å²) in [6.45, 7) is 9.80. The Morgan fingerprint density at radius 3 is 2.00 bits per heavy atom. The van der Waals surface area contributed by atoms with E-state index in [9.17, 15) is 9.59 Å². The van der Waals surface area contributed by atoms with E-state index in [-0.39, 0.29) is 17.9 Å². The largest absolute Gasteiger partial charge is 0.462 e. The summed E-state index contributed by atoms with van der Waals surface area (Å²) >= 11 is 0. The molecule has 0 rings (SSSR count). The molecule has 0 saturated carbocycles. The molecule has 3 heteroatoms. The molecule has 0 aliphatic rings. The van der Waals surface area contributed by atoms with Crippen molar-refractivity contribution in [3.8, 4) is 0 Å². The molecule has 0 aromatic heterocycles. The van der Waals surface area contributed by atoms with Crippen LogP contribution < -0.4 is 0 Å². The summed E-state index contributed by atoms with van der Waals surface area (Å²) in [5, 5.41) is 0. The van der Waals surface area contributed by atoms with Gasteiger partial charge in [0.1, 0.15) is 11.9 Å². The molecule has 0 aromatic carbocycles. The minimum atomic E-state index is -0.290. The predicted molar refractivity (Wildman–Crippen MR) is 73.3 cm³/mol. The van der Waals surface area contributed by atoms with Gasteiger partial charge in [-0.05, 0) is 24.7 Å². The van der Waals surface area contributed by atoms with Crippen LogP contribution in [-0.4, -0.2) is 17.9 Å². The number of Topliss-reactive ketones (excluding diaryl/α,β-unsaturated/α-hetero) is 1. The quantitative estimate of drug-likeness (QED) is 0.590. The summed E-state index contributed by atoms with van der Waals surface area (Å²) in [6, 6.07) is 0. The normalized spacial score (nSPS) is 12.8. The number of ketones is 1. The lowest BCUT2D eigenvalue weighted by Crippen LogP contribution is -2.21. The van der Waals surface area contributed by atoms with E-state index in [1.54, 1.807) is 0 Å². The highest BCUT2D eigenvalue weighted by molar-refractivity contribution is 5.79. The van der Waals surface area contributed by atoms with Gasteiger partial charge in [0.25, 0.3) is 0 Å². The van der Waals surface area contributed by atoms with Crippen LogP contribution in [0.4, 0.5) is 0 Å². The van der Waals surface area contributed by atoms with Crippen molar-refractivity contribution in [3.63, 3.8) is 0 Å². The maximum Gasteiger partial charge on any atom is 0.302 e. The number of carbonyl (C=O) groups excluding carboxylic acids is 2. The van der Waals surface area contributed by atoms with E-state index in [0.717, 1.165) is 19.3 Å². The number of ether oxygens (including phenoxy) is 1. The number of carbonyl (C=O) groups is 2. The summed E-state index contributed by atoms with van der Waals surface area (Å²) in [7, 11) is 0. The van der Waals surface area contributed by atoms with Crippen LogP contribution >= 0.6 is 0 Å². The van der Waals surface area contributed by atoms with Gasteiger partial charge in [0.05, 0.1) is 0 Å². The van der Waals surface area contributed by atoms with E-state index in [0.29, 0.717) is 24.7 Å². The van der Waals surface area contributed by atoms with Crippen molar-refractivity contribution in [2.24, 2.45) is 11.8 Å². The molecular formula is C15H28O3. The fourth-order valence-electron chi connectivity index (χ4n) is 1.98. The molecule has 0 saturated heterocycles. The predicted octanol–water partition coefficient (Wildman–Crippen LogP) is 3.75. The summed E-state index contributed by atoms with van der Waals surface area (Å²) in [5.41, 5.74) is 0. The summed E-state index contributed by atoms with van der Waals surface area (Å²) < 4.78 is 5.22. The highest BCUT2D eigenvalue weighted by Crippen LogP contribution is 2.15. The molecule has 0 radical (unpaired) electrons. The second-order valence-electron chi connectivity index (χ2n) is 5.90. The number of hydrogen-bond donors (Lipinski definition) is 0. The highest BCUT2D eigenvalue weighted by Gasteiger charge is 2.17. The lowest BCUT2D eigenvalue weighted by Gasteiger charge is -2.17. The monoisotopic (exact) mass is 256 g/mol. The van der Waals surface area contributed by atoms with Gasteiger partial charge in [-0.2, -0.15) is 0 Å². The fraction of sp³-hybridized carbons (Fsp3) is 0.867. The van der Waals surface area contributed by atoms with Gasteiger partial charge in [0.15, 0.2) is 0 Å². The number of hydrogen-bond acceptors (Lipinski definition) is 3. The molecule has 0 aromatic rings. The van der Waals surface area contributed by atoms with Gasteiger partial charge in [0, 0.05) is 19.8 Å². The third-order valence-corrected chi connectivity index (χ3v) is 2.73. The Bertz CT molecular complexity index is 256. The third kappa shape index (κ3) is 10.3. The first kappa shape index (κ1) is 17.1. The Kier molecular flexibility index (Phi) is 8.69. The molecule has 0 amide bonds. The third-order valence-electron chi connectivity index (χ3n) is 2.73. The van der Waals surface area contributed by atoms with Crippen LogP contribution in [-0.2, 0) is 14.3 Å². The molecular weight excluding hydrogens is 228 g/mol. The zero-order chi connectivity index (χ0) is 14.1. The average molecular weight is 256 g/mol. The lowest BCUT2D eigenvalue weighted by molar-refractivity contribution is -0.148. The SMILES string of the molecule is CC(=O)OC(CCCC(C)C)CC(=O)CC(C)C. The molecule has 0 fully saturated rings. The van der Waals surface area contributed by atoms with Crippen molar-refractivity contribution >= 4 is 11.8 Å². The van der Waals surface area contributed by atoms with Crippen molar-refractivity contribution in [2.75, 3.05) is 0 Å². The smallest absolute Gasteiger partial charge is 0.302 e. The Labute approximate surface area is 111 Å². The Balaban J connectivity index is 4.13. The minimum absolute atomic E-state index is 0.195. The van der Waals surface area contributed by atoms with E-state index in [4.69, 9.17) is 4.74 Å². The van der Waals surface area contributed by atoms with Gasteiger partial charge >= 0.3 is 5.97 Å². The van der Waals surface area contributed by atoms with Crippen LogP contribution in [0.5, 0.6) is 0 Å². The molecule has 0 N–H and O–H groups in total. The van der Waals surface area contributed by atoms with Crippen molar-refractivity contribution in [1.82, 2.24) is 0 Å². The second kappa shape index (κ2) is 9.12. The van der Waals surface area contributed by atoms with Crippen LogP contribution in [0.25, 0.3) is 0 Å². The van der Waals surface area contributed by atoms with Gasteiger partial charge in [-0.25, -0.2) is 0 Å². The van der Waals surface area contributed by atoms with E-state index < -0.39 is 0 Å². The Hall–Kier alpha value is -0.860. The number of esters is 1. The first-order valence-corrected chi connectivity index (χ1v) is 7.00. The van der Waals surface area contributed by atoms with E-state index >= 15 is 0 Å².